The van der Waals surface area contributed by atoms with E-state index in [-0.39, 0.29) is 12.3 Å². The van der Waals surface area contributed by atoms with E-state index in [0.29, 0.717) is 17.9 Å². The standard InChI is InChI=1S/C18H21ClN2O4/c1-10-7-14(15(18(24)25)8-11(10)2)17(23)21-20-16(22)9-12-3-5-13(19)6-4-12/h3-6,14-15H,7-9H2,1-2H3,(H,20,22)(H,21,23)(H,24,25)/t14-,15-/m0/s1. The van der Waals surface area contributed by atoms with E-state index in [1.54, 1.807) is 24.3 Å². The molecule has 1 aliphatic rings. The highest BCUT2D eigenvalue weighted by Crippen LogP contribution is 2.34. The normalized spacial score (nSPS) is 20.1. The number of benzene rings is 1. The van der Waals surface area contributed by atoms with E-state index < -0.39 is 23.7 Å². The molecule has 134 valence electrons. The van der Waals surface area contributed by atoms with Crippen LogP contribution in [0.25, 0.3) is 0 Å². The second-order valence-electron chi connectivity index (χ2n) is 6.36. The molecule has 0 aliphatic heterocycles. The molecule has 2 atom stereocenters. The molecule has 2 rings (SSSR count). The first-order chi connectivity index (χ1) is 11.8. The van der Waals surface area contributed by atoms with Gasteiger partial charge in [-0.25, -0.2) is 0 Å². The molecule has 0 saturated carbocycles. The molecule has 3 N–H and O–H groups in total. The Hall–Kier alpha value is -2.34. The molecular formula is C18H21ClN2O4. The number of amides is 2. The Morgan fingerprint density at radius 1 is 1.04 bits per heavy atom. The summed E-state index contributed by atoms with van der Waals surface area (Å²) >= 11 is 5.79. The molecule has 25 heavy (non-hydrogen) atoms. The van der Waals surface area contributed by atoms with Crippen LogP contribution in [-0.2, 0) is 20.8 Å². The summed E-state index contributed by atoms with van der Waals surface area (Å²) in [6, 6.07) is 6.81. The van der Waals surface area contributed by atoms with Crippen LogP contribution in [0.4, 0.5) is 0 Å². The van der Waals surface area contributed by atoms with E-state index in [2.05, 4.69) is 10.9 Å². The van der Waals surface area contributed by atoms with Crippen LogP contribution in [0.5, 0.6) is 0 Å². The van der Waals surface area contributed by atoms with Gasteiger partial charge in [-0.15, -0.1) is 0 Å². The van der Waals surface area contributed by atoms with Gasteiger partial charge in [0.05, 0.1) is 18.3 Å². The largest absolute Gasteiger partial charge is 0.481 e. The number of carbonyl (C=O) groups excluding carboxylic acids is 2. The summed E-state index contributed by atoms with van der Waals surface area (Å²) in [5.74, 6) is -3.35. The van der Waals surface area contributed by atoms with Crippen molar-refractivity contribution >= 4 is 29.4 Å². The van der Waals surface area contributed by atoms with Crippen LogP contribution in [-0.4, -0.2) is 22.9 Å². The Kier molecular flexibility index (Phi) is 6.20. The van der Waals surface area contributed by atoms with Crippen LogP contribution in [0, 0.1) is 11.8 Å². The number of hydrogen-bond donors (Lipinski definition) is 3. The van der Waals surface area contributed by atoms with Crippen LogP contribution in [0.15, 0.2) is 35.4 Å². The summed E-state index contributed by atoms with van der Waals surface area (Å²) in [6.45, 7) is 3.78. The summed E-state index contributed by atoms with van der Waals surface area (Å²) in [6.07, 6.45) is 0.808. The number of carboxylic acids is 1. The fraction of sp³-hybridized carbons (Fsp3) is 0.389. The number of carbonyl (C=O) groups is 3. The van der Waals surface area contributed by atoms with Crippen molar-refractivity contribution < 1.29 is 19.5 Å². The van der Waals surface area contributed by atoms with Crippen LogP contribution in [0.2, 0.25) is 5.02 Å². The Balaban J connectivity index is 1.93. The monoisotopic (exact) mass is 364 g/mol. The number of hydrogen-bond acceptors (Lipinski definition) is 3. The van der Waals surface area contributed by atoms with Gasteiger partial charge in [0.1, 0.15) is 0 Å². The maximum atomic E-state index is 12.3. The summed E-state index contributed by atoms with van der Waals surface area (Å²) in [5.41, 5.74) is 7.48. The molecule has 6 nitrogen and oxygen atoms in total. The maximum absolute atomic E-state index is 12.3. The molecule has 0 spiro atoms. The van der Waals surface area contributed by atoms with Crippen molar-refractivity contribution in [2.75, 3.05) is 0 Å². The van der Waals surface area contributed by atoms with E-state index in [1.165, 1.54) is 0 Å². The minimum absolute atomic E-state index is 0.0858. The van der Waals surface area contributed by atoms with Gasteiger partial charge in [0.15, 0.2) is 0 Å². The highest BCUT2D eigenvalue weighted by Gasteiger charge is 2.37. The Morgan fingerprint density at radius 2 is 1.60 bits per heavy atom. The molecule has 0 unspecified atom stereocenters. The van der Waals surface area contributed by atoms with Crippen LogP contribution in [0.3, 0.4) is 0 Å². The van der Waals surface area contributed by atoms with Crippen molar-refractivity contribution in [3.05, 3.63) is 46.0 Å². The molecular weight excluding hydrogens is 344 g/mol. The van der Waals surface area contributed by atoms with Gasteiger partial charge in [-0.2, -0.15) is 0 Å². The molecule has 0 fully saturated rings. The van der Waals surface area contributed by atoms with Gasteiger partial charge in [-0.3, -0.25) is 25.2 Å². The summed E-state index contributed by atoms with van der Waals surface area (Å²) in [5, 5.41) is 9.93. The average molecular weight is 365 g/mol. The number of carboxylic acid groups (broad SMARTS) is 1. The molecule has 0 aromatic heterocycles. The first-order valence-corrected chi connectivity index (χ1v) is 8.37. The second-order valence-corrected chi connectivity index (χ2v) is 6.80. The van der Waals surface area contributed by atoms with Crippen molar-refractivity contribution in [2.24, 2.45) is 11.8 Å². The number of halogens is 1. The van der Waals surface area contributed by atoms with E-state index >= 15 is 0 Å². The van der Waals surface area contributed by atoms with E-state index in [9.17, 15) is 19.5 Å². The van der Waals surface area contributed by atoms with Gasteiger partial charge in [-0.05, 0) is 44.4 Å². The van der Waals surface area contributed by atoms with Gasteiger partial charge < -0.3 is 5.11 Å². The average Bonchev–Trinajstić information content (AvgIpc) is 2.56. The van der Waals surface area contributed by atoms with Gasteiger partial charge in [0.25, 0.3) is 0 Å². The Bertz CT molecular complexity index is 712. The van der Waals surface area contributed by atoms with E-state index in [1.807, 2.05) is 13.8 Å². The van der Waals surface area contributed by atoms with Crippen molar-refractivity contribution in [3.8, 4) is 0 Å². The molecule has 0 heterocycles. The lowest BCUT2D eigenvalue weighted by atomic mass is 9.76. The molecule has 2 amide bonds. The highest BCUT2D eigenvalue weighted by molar-refractivity contribution is 6.30. The van der Waals surface area contributed by atoms with Crippen LogP contribution >= 0.6 is 11.6 Å². The quantitative estimate of drug-likeness (QED) is 0.565. The van der Waals surface area contributed by atoms with Crippen molar-refractivity contribution in [3.63, 3.8) is 0 Å². The molecule has 0 radical (unpaired) electrons. The topological polar surface area (TPSA) is 95.5 Å². The lowest BCUT2D eigenvalue weighted by molar-refractivity contribution is -0.148. The Labute approximate surface area is 151 Å². The zero-order chi connectivity index (χ0) is 18.6. The first-order valence-electron chi connectivity index (χ1n) is 7.99. The third-order valence-corrected chi connectivity index (χ3v) is 4.78. The number of nitrogens with one attached hydrogen (secondary N) is 2. The van der Waals surface area contributed by atoms with Crippen molar-refractivity contribution in [1.82, 2.24) is 10.9 Å². The lowest BCUT2D eigenvalue weighted by Crippen LogP contribution is -2.48. The number of allylic oxidation sites excluding steroid dienone is 2. The number of hydrazine groups is 1. The van der Waals surface area contributed by atoms with Gasteiger partial charge in [-0.1, -0.05) is 34.9 Å². The summed E-state index contributed by atoms with van der Waals surface area (Å²) in [4.78, 5) is 35.7. The zero-order valence-electron chi connectivity index (χ0n) is 14.1. The predicted octanol–water partition coefficient (Wildman–Crippen LogP) is 2.48. The zero-order valence-corrected chi connectivity index (χ0v) is 14.9. The Morgan fingerprint density at radius 3 is 2.16 bits per heavy atom. The summed E-state index contributed by atoms with van der Waals surface area (Å²) in [7, 11) is 0. The smallest absolute Gasteiger partial charge is 0.307 e. The van der Waals surface area contributed by atoms with Crippen molar-refractivity contribution in [2.45, 2.75) is 33.1 Å². The molecule has 0 bridgehead atoms. The molecule has 7 heteroatoms. The lowest BCUT2D eigenvalue weighted by Gasteiger charge is -2.29. The fourth-order valence-corrected chi connectivity index (χ4v) is 3.01. The van der Waals surface area contributed by atoms with Crippen molar-refractivity contribution in [1.29, 1.82) is 0 Å². The van der Waals surface area contributed by atoms with Gasteiger partial charge >= 0.3 is 5.97 Å². The minimum atomic E-state index is -1.00. The number of aliphatic carboxylic acids is 1. The third-order valence-electron chi connectivity index (χ3n) is 4.52. The predicted molar refractivity (Wildman–Crippen MR) is 93.7 cm³/mol. The highest BCUT2D eigenvalue weighted by atomic mass is 35.5. The van der Waals surface area contributed by atoms with Crippen LogP contribution < -0.4 is 10.9 Å². The van der Waals surface area contributed by atoms with Crippen LogP contribution in [0.1, 0.15) is 32.3 Å². The van der Waals surface area contributed by atoms with Gasteiger partial charge in [0, 0.05) is 5.02 Å². The third kappa shape index (κ3) is 5.06. The molecule has 1 aromatic carbocycles. The van der Waals surface area contributed by atoms with E-state index in [4.69, 9.17) is 11.6 Å². The summed E-state index contributed by atoms with van der Waals surface area (Å²) < 4.78 is 0. The minimum Gasteiger partial charge on any atom is -0.481 e. The maximum Gasteiger partial charge on any atom is 0.307 e. The van der Waals surface area contributed by atoms with Gasteiger partial charge in [0.2, 0.25) is 11.8 Å². The molecule has 0 saturated heterocycles. The molecule has 1 aliphatic carbocycles. The second kappa shape index (κ2) is 8.16. The number of rotatable bonds is 4. The fourth-order valence-electron chi connectivity index (χ4n) is 2.88. The SMILES string of the molecule is CC1=C(C)C[C@H](C(=O)NNC(=O)Cc2ccc(Cl)cc2)[C@@H](C(=O)O)C1. The first kappa shape index (κ1) is 19.0. The van der Waals surface area contributed by atoms with E-state index in [0.717, 1.165) is 16.7 Å². The molecule has 1 aromatic rings.